The summed E-state index contributed by atoms with van der Waals surface area (Å²) in [5.74, 6) is 0. The van der Waals surface area contributed by atoms with E-state index in [0.717, 1.165) is 22.4 Å². The van der Waals surface area contributed by atoms with Crippen LogP contribution < -0.4 is 5.73 Å². The normalized spacial score (nSPS) is 11.3. The molecule has 1 aromatic carbocycles. The summed E-state index contributed by atoms with van der Waals surface area (Å²) in [6.45, 7) is 0. The molecule has 2 aromatic heterocycles. The van der Waals surface area contributed by atoms with E-state index in [2.05, 4.69) is 45.8 Å². The molecule has 0 unspecified atom stereocenters. The zero-order valence-corrected chi connectivity index (χ0v) is 9.97. The van der Waals surface area contributed by atoms with E-state index in [1.807, 2.05) is 22.7 Å². The fraction of sp³-hybridized carbons (Fsp3) is 0. The minimum atomic E-state index is 0.743. The number of imidazole rings is 1. The Bertz CT molecular complexity index is 601. The van der Waals surface area contributed by atoms with Crippen LogP contribution >= 0.6 is 22.6 Å². The van der Waals surface area contributed by atoms with E-state index in [4.69, 9.17) is 5.73 Å². The number of pyridine rings is 1. The highest BCUT2D eigenvalue weighted by Crippen LogP contribution is 2.20. The van der Waals surface area contributed by atoms with Gasteiger partial charge < -0.3 is 5.73 Å². The fourth-order valence-corrected chi connectivity index (χ4v) is 2.18. The first-order valence-electron chi connectivity index (χ1n) is 4.57. The van der Waals surface area contributed by atoms with Crippen LogP contribution in [-0.4, -0.2) is 9.38 Å². The van der Waals surface area contributed by atoms with E-state index in [-0.39, 0.29) is 0 Å². The molecule has 0 aliphatic heterocycles. The molecular weight excluding hydrogens is 301 g/mol. The van der Waals surface area contributed by atoms with Crippen LogP contribution in [0.3, 0.4) is 0 Å². The van der Waals surface area contributed by atoms with Crippen LogP contribution in [0.25, 0.3) is 16.7 Å². The number of nitrogens with two attached hydrogens (primary N) is 1. The Morgan fingerprint density at radius 1 is 1.20 bits per heavy atom. The van der Waals surface area contributed by atoms with Crippen LogP contribution in [0.5, 0.6) is 0 Å². The van der Waals surface area contributed by atoms with Gasteiger partial charge in [0.1, 0.15) is 5.65 Å². The number of halogens is 1. The van der Waals surface area contributed by atoms with E-state index in [1.54, 1.807) is 0 Å². The molecule has 3 rings (SSSR count). The van der Waals surface area contributed by atoms with Crippen molar-refractivity contribution in [3.05, 3.63) is 40.1 Å². The Kier molecular flexibility index (Phi) is 1.85. The Morgan fingerprint density at radius 2 is 2.07 bits per heavy atom. The summed E-state index contributed by atoms with van der Waals surface area (Å²) >= 11 is 2.29. The Balaban J connectivity index is 2.51. The fourth-order valence-electron chi connectivity index (χ4n) is 1.71. The standard InChI is InChI=1S/C11H8IN3/c12-7-1-2-10-9(5-7)14-11-6-8(13)3-4-15(10)11/h1-6H,13H2. The van der Waals surface area contributed by atoms with Gasteiger partial charge in [0.05, 0.1) is 11.0 Å². The highest BCUT2D eigenvalue weighted by molar-refractivity contribution is 14.1. The molecule has 2 N–H and O–H groups in total. The number of hydrogen-bond donors (Lipinski definition) is 1. The summed E-state index contributed by atoms with van der Waals surface area (Å²) in [5, 5.41) is 0. The molecule has 0 atom stereocenters. The molecule has 0 bridgehead atoms. The number of aromatic nitrogens is 2. The van der Waals surface area contributed by atoms with E-state index < -0.39 is 0 Å². The first-order chi connectivity index (χ1) is 7.24. The van der Waals surface area contributed by atoms with E-state index >= 15 is 0 Å². The maximum atomic E-state index is 5.72. The minimum Gasteiger partial charge on any atom is -0.399 e. The molecular formula is C11H8IN3. The number of nitrogen functional groups attached to an aromatic ring is 1. The van der Waals surface area contributed by atoms with Gasteiger partial charge in [-0.1, -0.05) is 0 Å². The van der Waals surface area contributed by atoms with Crippen LogP contribution in [0.1, 0.15) is 0 Å². The molecule has 2 heterocycles. The van der Waals surface area contributed by atoms with Crippen molar-refractivity contribution in [2.75, 3.05) is 5.73 Å². The summed E-state index contributed by atoms with van der Waals surface area (Å²) in [6, 6.07) is 9.98. The van der Waals surface area contributed by atoms with Crippen LogP contribution in [0.2, 0.25) is 0 Å². The van der Waals surface area contributed by atoms with Gasteiger partial charge in [-0.25, -0.2) is 4.98 Å². The number of benzene rings is 1. The van der Waals surface area contributed by atoms with Crippen LogP contribution in [0, 0.1) is 3.57 Å². The lowest BCUT2D eigenvalue weighted by molar-refractivity contribution is 1.23. The molecule has 0 saturated carbocycles. The second kappa shape index (κ2) is 3.10. The summed E-state index contributed by atoms with van der Waals surface area (Å²) in [6.07, 6.45) is 1.95. The van der Waals surface area contributed by atoms with Gasteiger partial charge in [-0.3, -0.25) is 4.40 Å². The van der Waals surface area contributed by atoms with Gasteiger partial charge >= 0.3 is 0 Å². The molecule has 3 aromatic rings. The minimum absolute atomic E-state index is 0.743. The van der Waals surface area contributed by atoms with Gasteiger partial charge in [0.2, 0.25) is 0 Å². The topological polar surface area (TPSA) is 43.3 Å². The molecule has 0 saturated heterocycles. The van der Waals surface area contributed by atoms with Gasteiger partial charge in [0, 0.05) is 21.5 Å². The average Bonchev–Trinajstić information content (AvgIpc) is 2.53. The van der Waals surface area contributed by atoms with Crippen LogP contribution in [0.15, 0.2) is 36.5 Å². The van der Waals surface area contributed by atoms with Crippen molar-refractivity contribution < 1.29 is 0 Å². The smallest absolute Gasteiger partial charge is 0.139 e. The van der Waals surface area contributed by atoms with E-state index in [9.17, 15) is 0 Å². The van der Waals surface area contributed by atoms with Gasteiger partial charge in [0.25, 0.3) is 0 Å². The summed E-state index contributed by atoms with van der Waals surface area (Å²) in [7, 11) is 0. The van der Waals surface area contributed by atoms with Crippen LogP contribution in [-0.2, 0) is 0 Å². The third-order valence-electron chi connectivity index (χ3n) is 2.39. The average molecular weight is 309 g/mol. The second-order valence-electron chi connectivity index (χ2n) is 3.43. The third-order valence-corrected chi connectivity index (χ3v) is 3.06. The van der Waals surface area contributed by atoms with E-state index in [1.165, 1.54) is 3.57 Å². The van der Waals surface area contributed by atoms with Gasteiger partial charge in [-0.05, 0) is 46.9 Å². The predicted molar refractivity (Wildman–Crippen MR) is 69.8 cm³/mol. The maximum Gasteiger partial charge on any atom is 0.139 e. The zero-order chi connectivity index (χ0) is 10.4. The van der Waals surface area contributed by atoms with Crippen molar-refractivity contribution in [1.29, 1.82) is 0 Å². The van der Waals surface area contributed by atoms with Crippen molar-refractivity contribution in [2.45, 2.75) is 0 Å². The molecule has 74 valence electrons. The summed E-state index contributed by atoms with van der Waals surface area (Å²) in [5.41, 5.74) is 9.48. The number of fused-ring (bicyclic) bond motifs is 3. The Morgan fingerprint density at radius 3 is 2.93 bits per heavy atom. The Labute approximate surface area is 100 Å². The number of hydrogen-bond acceptors (Lipinski definition) is 2. The first-order valence-corrected chi connectivity index (χ1v) is 5.65. The lowest BCUT2D eigenvalue weighted by Crippen LogP contribution is -1.88. The Hall–Kier alpha value is -1.30. The third kappa shape index (κ3) is 1.36. The number of nitrogens with zero attached hydrogens (tertiary/aromatic N) is 2. The molecule has 0 fully saturated rings. The number of rotatable bonds is 0. The number of anilines is 1. The van der Waals surface area contributed by atoms with E-state index in [0.29, 0.717) is 0 Å². The largest absolute Gasteiger partial charge is 0.399 e. The molecule has 0 amide bonds. The maximum absolute atomic E-state index is 5.72. The molecule has 4 heteroatoms. The molecule has 0 aliphatic carbocycles. The molecule has 0 aliphatic rings. The summed E-state index contributed by atoms with van der Waals surface area (Å²) < 4.78 is 3.23. The SMILES string of the molecule is Nc1ccn2c(c1)nc1cc(I)ccc12. The quantitative estimate of drug-likeness (QED) is 0.649. The van der Waals surface area contributed by atoms with Crippen molar-refractivity contribution in [3.63, 3.8) is 0 Å². The predicted octanol–water partition coefficient (Wildman–Crippen LogP) is 2.67. The van der Waals surface area contributed by atoms with Gasteiger partial charge in [-0.2, -0.15) is 0 Å². The lowest BCUT2D eigenvalue weighted by Gasteiger charge is -1.96. The van der Waals surface area contributed by atoms with Crippen LogP contribution in [0.4, 0.5) is 5.69 Å². The van der Waals surface area contributed by atoms with Crippen molar-refractivity contribution >= 4 is 45.0 Å². The monoisotopic (exact) mass is 309 g/mol. The second-order valence-corrected chi connectivity index (χ2v) is 4.68. The zero-order valence-electron chi connectivity index (χ0n) is 7.81. The van der Waals surface area contributed by atoms with Gasteiger partial charge in [-0.15, -0.1) is 0 Å². The molecule has 0 radical (unpaired) electrons. The summed E-state index contributed by atoms with van der Waals surface area (Å²) in [4.78, 5) is 4.52. The lowest BCUT2D eigenvalue weighted by atomic mass is 10.3. The molecule has 3 nitrogen and oxygen atoms in total. The van der Waals surface area contributed by atoms with Crippen molar-refractivity contribution in [3.8, 4) is 0 Å². The highest BCUT2D eigenvalue weighted by Gasteiger charge is 2.04. The first kappa shape index (κ1) is 8.96. The van der Waals surface area contributed by atoms with Gasteiger partial charge in [0.15, 0.2) is 0 Å². The molecule has 15 heavy (non-hydrogen) atoms. The van der Waals surface area contributed by atoms with Crippen molar-refractivity contribution in [2.24, 2.45) is 0 Å². The highest BCUT2D eigenvalue weighted by atomic mass is 127. The van der Waals surface area contributed by atoms with Crippen molar-refractivity contribution in [1.82, 2.24) is 9.38 Å². The molecule has 0 spiro atoms.